The first-order valence-corrected chi connectivity index (χ1v) is 17.5. The summed E-state index contributed by atoms with van der Waals surface area (Å²) in [6, 6.07) is 8.63. The molecule has 2 aromatic heterocycles. The van der Waals surface area contributed by atoms with Crippen molar-refractivity contribution in [2.75, 3.05) is 0 Å². The first kappa shape index (κ1) is 27.8. The highest BCUT2D eigenvalue weighted by molar-refractivity contribution is 6.35. The second kappa shape index (κ2) is 10.5. The van der Waals surface area contributed by atoms with Crippen LogP contribution in [0.4, 0.5) is 11.4 Å². The number of hydrogen-bond donors (Lipinski definition) is 0. The molecule has 4 aliphatic rings. The number of benzene rings is 3. The fourth-order valence-corrected chi connectivity index (χ4v) is 8.86. The summed E-state index contributed by atoms with van der Waals surface area (Å²) in [5.74, 6) is 2.25. The van der Waals surface area contributed by atoms with Gasteiger partial charge in [0.25, 0.3) is 0 Å². The van der Waals surface area contributed by atoms with Crippen LogP contribution in [0.1, 0.15) is 81.3 Å². The molecule has 0 fully saturated rings. The zero-order valence-corrected chi connectivity index (χ0v) is 27.4. The van der Waals surface area contributed by atoms with Crippen LogP contribution in [0.2, 0.25) is 10.0 Å². The third-order valence-corrected chi connectivity index (χ3v) is 11.1. The molecule has 0 saturated carbocycles. The van der Waals surface area contributed by atoms with Crippen LogP contribution in [0.3, 0.4) is 0 Å². The van der Waals surface area contributed by atoms with Crippen molar-refractivity contribution in [3.63, 3.8) is 0 Å². The third kappa shape index (κ3) is 4.07. The first-order valence-electron chi connectivity index (χ1n) is 16.8. The maximum Gasteiger partial charge on any atom is 0.175 e. The molecular weight excluding hydrogens is 603 g/mol. The molecule has 230 valence electrons. The van der Waals surface area contributed by atoms with Gasteiger partial charge < -0.3 is 18.6 Å². The van der Waals surface area contributed by atoms with E-state index in [1.807, 2.05) is 0 Å². The molecule has 0 N–H and O–H groups in total. The molecule has 6 nitrogen and oxygen atoms in total. The summed E-state index contributed by atoms with van der Waals surface area (Å²) in [7, 11) is 0. The third-order valence-electron chi connectivity index (χ3n) is 10.4. The van der Waals surface area contributed by atoms with Crippen molar-refractivity contribution in [3.05, 3.63) is 67.5 Å². The molecule has 0 atom stereocenters. The zero-order valence-electron chi connectivity index (χ0n) is 25.9. The van der Waals surface area contributed by atoms with E-state index in [4.69, 9.17) is 42.7 Å². The minimum Gasteiger partial charge on any atom is -0.451 e. The van der Waals surface area contributed by atoms with Crippen molar-refractivity contribution in [2.45, 2.75) is 97.6 Å². The Labute approximate surface area is 272 Å². The summed E-state index contributed by atoms with van der Waals surface area (Å²) in [6.07, 6.45) is 13.2. The van der Waals surface area contributed by atoms with E-state index in [0.717, 1.165) is 50.1 Å². The van der Waals surface area contributed by atoms with Gasteiger partial charge in [-0.1, -0.05) is 42.5 Å². The van der Waals surface area contributed by atoms with E-state index in [9.17, 15) is 0 Å². The van der Waals surface area contributed by atoms with E-state index in [1.165, 1.54) is 89.3 Å². The SMILES string of the molecule is CCn1c2c(c3cc4c(cc31)Oc1c(Cl)c3c(c(Cl)c1=N4)Oc1cc4c(cc1N=3)c1c(n4CC)CCCCC1)CCCCCC2. The van der Waals surface area contributed by atoms with Crippen LogP contribution in [0, 0.1) is 0 Å². The van der Waals surface area contributed by atoms with Crippen LogP contribution < -0.4 is 20.2 Å². The second-order valence-corrected chi connectivity index (χ2v) is 13.7. The van der Waals surface area contributed by atoms with Gasteiger partial charge in [0, 0.05) is 47.4 Å². The summed E-state index contributed by atoms with van der Waals surface area (Å²) in [4.78, 5) is 10.1. The Kier molecular flexibility index (Phi) is 6.51. The van der Waals surface area contributed by atoms with Crippen LogP contribution in [-0.2, 0) is 38.8 Å². The molecule has 4 heterocycles. The highest BCUT2D eigenvalue weighted by atomic mass is 35.5. The molecule has 0 bridgehead atoms. The van der Waals surface area contributed by atoms with Gasteiger partial charge in [0.2, 0.25) is 0 Å². The van der Waals surface area contributed by atoms with Crippen LogP contribution in [-0.4, -0.2) is 9.13 Å². The lowest BCUT2D eigenvalue weighted by atomic mass is 9.96. The molecule has 0 saturated heterocycles. The Morgan fingerprint density at radius 2 is 1.02 bits per heavy atom. The number of ether oxygens (including phenoxy) is 2. The summed E-state index contributed by atoms with van der Waals surface area (Å²) < 4.78 is 18.0. The number of rotatable bonds is 2. The Balaban J connectivity index is 1.22. The van der Waals surface area contributed by atoms with Gasteiger partial charge in [0.05, 0.1) is 11.0 Å². The van der Waals surface area contributed by atoms with Gasteiger partial charge in [0.15, 0.2) is 23.0 Å². The van der Waals surface area contributed by atoms with E-state index in [-0.39, 0.29) is 0 Å². The van der Waals surface area contributed by atoms with Crippen LogP contribution in [0.15, 0.2) is 34.3 Å². The van der Waals surface area contributed by atoms with Crippen molar-refractivity contribution < 1.29 is 9.47 Å². The molecule has 0 radical (unpaired) electrons. The van der Waals surface area contributed by atoms with E-state index < -0.39 is 0 Å². The quantitative estimate of drug-likeness (QED) is 0.177. The monoisotopic (exact) mass is 638 g/mol. The van der Waals surface area contributed by atoms with Gasteiger partial charge in [-0.2, -0.15) is 0 Å². The minimum absolute atomic E-state index is 0.368. The molecule has 8 heteroatoms. The van der Waals surface area contributed by atoms with Crippen molar-refractivity contribution >= 4 is 56.4 Å². The van der Waals surface area contributed by atoms with Crippen molar-refractivity contribution in [2.24, 2.45) is 9.98 Å². The number of hydrogen-bond acceptors (Lipinski definition) is 4. The average molecular weight is 640 g/mol. The van der Waals surface area contributed by atoms with Crippen LogP contribution in [0.5, 0.6) is 23.0 Å². The number of halogens is 2. The fourth-order valence-electron chi connectivity index (χ4n) is 8.35. The van der Waals surface area contributed by atoms with Crippen molar-refractivity contribution in [3.8, 4) is 23.0 Å². The lowest BCUT2D eigenvalue weighted by Gasteiger charge is -2.21. The smallest absolute Gasteiger partial charge is 0.175 e. The summed E-state index contributed by atoms with van der Waals surface area (Å²) in [6.45, 7) is 6.29. The molecule has 5 aromatic rings. The number of aromatic nitrogens is 2. The highest BCUT2D eigenvalue weighted by Crippen LogP contribution is 2.47. The Hall–Kier alpha value is -3.48. The predicted molar refractivity (Wildman–Crippen MR) is 181 cm³/mol. The van der Waals surface area contributed by atoms with Gasteiger partial charge >= 0.3 is 0 Å². The minimum atomic E-state index is 0.368. The Morgan fingerprint density at radius 3 is 1.47 bits per heavy atom. The first-order chi connectivity index (χ1) is 22.1. The van der Waals surface area contributed by atoms with Crippen LogP contribution in [0.25, 0.3) is 21.8 Å². The second-order valence-electron chi connectivity index (χ2n) is 12.9. The molecule has 0 unspecified atom stereocenters. The number of fused-ring (bicyclic) bond motifs is 10. The molecular formula is C37H36Cl2N4O2. The van der Waals surface area contributed by atoms with Gasteiger partial charge in [-0.25, -0.2) is 9.98 Å². The number of aryl methyl sites for hydroxylation is 4. The van der Waals surface area contributed by atoms with Gasteiger partial charge in [-0.05, 0) is 88.5 Å². The average Bonchev–Trinajstić information content (AvgIpc) is 3.33. The highest BCUT2D eigenvalue weighted by Gasteiger charge is 2.30. The fraction of sp³-hybridized carbons (Fsp3) is 0.405. The molecule has 9 rings (SSSR count). The van der Waals surface area contributed by atoms with Crippen LogP contribution >= 0.6 is 23.2 Å². The van der Waals surface area contributed by atoms with Crippen molar-refractivity contribution in [1.29, 1.82) is 0 Å². The largest absolute Gasteiger partial charge is 0.451 e. The summed E-state index contributed by atoms with van der Waals surface area (Å²) in [5, 5.41) is 4.26. The Bertz CT molecular complexity index is 2210. The van der Waals surface area contributed by atoms with Gasteiger partial charge in [0.1, 0.15) is 32.1 Å². The van der Waals surface area contributed by atoms with E-state index >= 15 is 0 Å². The normalized spacial score (nSPS) is 16.8. The maximum atomic E-state index is 7.10. The predicted octanol–water partition coefficient (Wildman–Crippen LogP) is 9.98. The maximum absolute atomic E-state index is 7.10. The zero-order chi connectivity index (χ0) is 30.4. The topological polar surface area (TPSA) is 53.0 Å². The molecule has 0 amide bonds. The molecule has 45 heavy (non-hydrogen) atoms. The standard InChI is InChI=1S/C37H36Cl2N4O2/c1-3-42-26-14-10-6-5-8-12-20(26)22-16-24-30(18-28(22)42)44-36-33(39)35-37(32(38)34(36)40-24)45-31-19-29-23(17-25(31)41-35)21-13-9-7-11-15-27(21)43(29)4-2/h16-19H,3-15H2,1-2H3. The lowest BCUT2D eigenvalue weighted by Crippen LogP contribution is -2.22. The molecule has 0 spiro atoms. The van der Waals surface area contributed by atoms with E-state index in [1.54, 1.807) is 0 Å². The van der Waals surface area contributed by atoms with E-state index in [0.29, 0.717) is 43.8 Å². The number of nitrogens with zero attached hydrogens (tertiary/aromatic N) is 4. The van der Waals surface area contributed by atoms with Crippen molar-refractivity contribution in [1.82, 2.24) is 9.13 Å². The Morgan fingerprint density at radius 1 is 0.600 bits per heavy atom. The molecule has 3 aromatic carbocycles. The van der Waals surface area contributed by atoms with E-state index in [2.05, 4.69) is 47.2 Å². The molecule has 2 aliphatic heterocycles. The summed E-state index contributed by atoms with van der Waals surface area (Å²) >= 11 is 14.2. The van der Waals surface area contributed by atoms with Gasteiger partial charge in [-0.15, -0.1) is 0 Å². The summed E-state index contributed by atoms with van der Waals surface area (Å²) in [5.41, 5.74) is 9.76. The molecule has 2 aliphatic carbocycles. The lowest BCUT2D eigenvalue weighted by molar-refractivity contribution is 0.451. The van der Waals surface area contributed by atoms with Gasteiger partial charge in [-0.3, -0.25) is 0 Å².